The van der Waals surface area contributed by atoms with E-state index in [0.29, 0.717) is 12.6 Å². The Hall–Kier alpha value is -2.57. The molecule has 0 saturated carbocycles. The van der Waals surface area contributed by atoms with Crippen molar-refractivity contribution in [1.82, 2.24) is 14.7 Å². The van der Waals surface area contributed by atoms with Gasteiger partial charge in [0.25, 0.3) is 0 Å². The first-order valence-corrected chi connectivity index (χ1v) is 11.6. The topological polar surface area (TPSA) is 45.2 Å². The van der Waals surface area contributed by atoms with Gasteiger partial charge in [-0.25, -0.2) is 0 Å². The average Bonchev–Trinajstić information content (AvgIpc) is 2.83. The van der Waals surface area contributed by atoms with Crippen LogP contribution >= 0.6 is 0 Å². The molecule has 1 amide bonds. The molecule has 1 saturated heterocycles. The Morgan fingerprint density at radius 1 is 0.875 bits per heavy atom. The first-order chi connectivity index (χ1) is 15.5. The van der Waals surface area contributed by atoms with Gasteiger partial charge in [0.05, 0.1) is 20.8 Å². The average molecular weight is 438 g/mol. The van der Waals surface area contributed by atoms with Crippen LogP contribution in [0.4, 0.5) is 0 Å². The van der Waals surface area contributed by atoms with Gasteiger partial charge in [-0.3, -0.25) is 14.6 Å². The number of carbonyl (C=O) groups is 1. The molecule has 32 heavy (non-hydrogen) atoms. The second-order valence-corrected chi connectivity index (χ2v) is 9.02. The zero-order chi connectivity index (χ0) is 22.7. The van der Waals surface area contributed by atoms with Crippen molar-refractivity contribution in [3.63, 3.8) is 0 Å². The molecule has 2 aliphatic heterocycles. The lowest BCUT2D eigenvalue weighted by Crippen LogP contribution is -2.53. The summed E-state index contributed by atoms with van der Waals surface area (Å²) in [6.07, 6.45) is 0.963. The van der Waals surface area contributed by atoms with Gasteiger partial charge in [-0.05, 0) is 54.7 Å². The smallest absolute Gasteiger partial charge is 0.236 e. The van der Waals surface area contributed by atoms with Crippen LogP contribution in [0.2, 0.25) is 0 Å². The van der Waals surface area contributed by atoms with Crippen molar-refractivity contribution in [3.8, 4) is 22.6 Å². The molecule has 2 aromatic carbocycles. The third-order valence-corrected chi connectivity index (χ3v) is 6.77. The summed E-state index contributed by atoms with van der Waals surface area (Å²) in [5, 5.41) is 0. The molecule has 0 bridgehead atoms. The number of hydrogen-bond donors (Lipinski definition) is 0. The maximum Gasteiger partial charge on any atom is 0.236 e. The fraction of sp³-hybridized carbons (Fsp3) is 0.500. The molecule has 172 valence electrons. The van der Waals surface area contributed by atoms with Crippen LogP contribution in [-0.2, 0) is 17.8 Å². The van der Waals surface area contributed by atoms with E-state index in [4.69, 9.17) is 9.47 Å². The minimum atomic E-state index is 0.263. The Kier molecular flexibility index (Phi) is 7.01. The van der Waals surface area contributed by atoms with Gasteiger partial charge >= 0.3 is 0 Å². The zero-order valence-electron chi connectivity index (χ0n) is 19.8. The highest BCUT2D eigenvalue weighted by atomic mass is 16.5. The van der Waals surface area contributed by atoms with Gasteiger partial charge in [-0.2, -0.15) is 0 Å². The summed E-state index contributed by atoms with van der Waals surface area (Å²) < 4.78 is 10.8. The monoisotopic (exact) mass is 437 g/mol. The number of rotatable bonds is 6. The van der Waals surface area contributed by atoms with E-state index < -0.39 is 0 Å². The number of hydrogen-bond acceptors (Lipinski definition) is 5. The van der Waals surface area contributed by atoms with E-state index in [0.717, 1.165) is 62.8 Å². The number of benzene rings is 2. The molecule has 2 aromatic rings. The number of amides is 1. The summed E-state index contributed by atoms with van der Waals surface area (Å²) >= 11 is 0. The van der Waals surface area contributed by atoms with Crippen LogP contribution < -0.4 is 9.47 Å². The standard InChI is InChI=1S/C26H35N3O3/c1-19(2)28-11-13-29(14-12-28)26(30)18-27-10-9-22-15-20(5-6-23(22)17-27)21-7-8-24(31-3)25(16-21)32-4/h5-8,15-16,19H,9-14,17-18H2,1-4H3. The number of piperazine rings is 1. The van der Waals surface area contributed by atoms with Crippen LogP contribution in [0.1, 0.15) is 25.0 Å². The highest BCUT2D eigenvalue weighted by molar-refractivity contribution is 5.78. The summed E-state index contributed by atoms with van der Waals surface area (Å²) in [4.78, 5) is 19.6. The number of nitrogens with zero attached hydrogens (tertiary/aromatic N) is 3. The van der Waals surface area contributed by atoms with E-state index >= 15 is 0 Å². The molecular weight excluding hydrogens is 402 g/mol. The maximum atomic E-state index is 12.9. The Morgan fingerprint density at radius 2 is 1.56 bits per heavy atom. The van der Waals surface area contributed by atoms with Crippen molar-refractivity contribution in [3.05, 3.63) is 47.5 Å². The fourth-order valence-electron chi connectivity index (χ4n) is 4.72. The first-order valence-electron chi connectivity index (χ1n) is 11.6. The van der Waals surface area contributed by atoms with Crippen LogP contribution in [-0.4, -0.2) is 80.1 Å². The summed E-state index contributed by atoms with van der Waals surface area (Å²) in [6, 6.07) is 13.2. The van der Waals surface area contributed by atoms with E-state index in [1.165, 1.54) is 16.7 Å². The molecular formula is C26H35N3O3. The molecule has 2 aliphatic rings. The lowest BCUT2D eigenvalue weighted by Gasteiger charge is -2.38. The van der Waals surface area contributed by atoms with Crippen molar-refractivity contribution in [2.24, 2.45) is 0 Å². The van der Waals surface area contributed by atoms with Crippen molar-refractivity contribution in [2.75, 3.05) is 53.5 Å². The predicted octanol–water partition coefficient (Wildman–Crippen LogP) is 3.28. The van der Waals surface area contributed by atoms with Crippen LogP contribution in [0.15, 0.2) is 36.4 Å². The molecule has 0 aliphatic carbocycles. The fourth-order valence-corrected chi connectivity index (χ4v) is 4.72. The van der Waals surface area contributed by atoms with E-state index in [9.17, 15) is 4.79 Å². The molecule has 0 spiro atoms. The zero-order valence-corrected chi connectivity index (χ0v) is 19.8. The highest BCUT2D eigenvalue weighted by Gasteiger charge is 2.25. The largest absolute Gasteiger partial charge is 0.493 e. The van der Waals surface area contributed by atoms with Crippen LogP contribution in [0, 0.1) is 0 Å². The summed E-state index contributed by atoms with van der Waals surface area (Å²) in [7, 11) is 3.31. The Labute approximate surface area is 191 Å². The minimum absolute atomic E-state index is 0.263. The first kappa shape index (κ1) is 22.6. The van der Waals surface area contributed by atoms with E-state index in [-0.39, 0.29) is 5.91 Å². The van der Waals surface area contributed by atoms with Crippen LogP contribution in [0.25, 0.3) is 11.1 Å². The molecule has 1 fully saturated rings. The van der Waals surface area contributed by atoms with Gasteiger partial charge < -0.3 is 14.4 Å². The van der Waals surface area contributed by atoms with Gasteiger partial charge in [-0.15, -0.1) is 0 Å². The molecule has 0 N–H and O–H groups in total. The summed E-state index contributed by atoms with van der Waals surface area (Å²) in [5.74, 6) is 1.74. The number of carbonyl (C=O) groups excluding carboxylic acids is 1. The second kappa shape index (κ2) is 9.92. The molecule has 6 heteroatoms. The highest BCUT2D eigenvalue weighted by Crippen LogP contribution is 2.33. The third kappa shape index (κ3) is 4.92. The minimum Gasteiger partial charge on any atom is -0.493 e. The van der Waals surface area contributed by atoms with Gasteiger partial charge in [-0.1, -0.05) is 24.3 Å². The number of ether oxygens (including phenoxy) is 2. The van der Waals surface area contributed by atoms with Crippen molar-refractivity contribution >= 4 is 5.91 Å². The molecule has 6 nitrogen and oxygen atoms in total. The third-order valence-electron chi connectivity index (χ3n) is 6.77. The Bertz CT molecular complexity index is 951. The normalized spacial score (nSPS) is 17.3. The van der Waals surface area contributed by atoms with Crippen LogP contribution in [0.3, 0.4) is 0 Å². The molecule has 0 aromatic heterocycles. The molecule has 2 heterocycles. The van der Waals surface area contributed by atoms with Crippen molar-refractivity contribution < 1.29 is 14.3 Å². The van der Waals surface area contributed by atoms with Crippen molar-refractivity contribution in [1.29, 1.82) is 0 Å². The molecule has 0 unspecified atom stereocenters. The number of fused-ring (bicyclic) bond motifs is 1. The van der Waals surface area contributed by atoms with Crippen LogP contribution in [0.5, 0.6) is 11.5 Å². The Morgan fingerprint density at radius 3 is 2.25 bits per heavy atom. The lowest BCUT2D eigenvalue weighted by atomic mass is 9.94. The summed E-state index contributed by atoms with van der Waals surface area (Å²) in [5.41, 5.74) is 4.98. The van der Waals surface area contributed by atoms with E-state index in [1.807, 2.05) is 17.0 Å². The summed E-state index contributed by atoms with van der Waals surface area (Å²) in [6.45, 7) is 10.3. The number of methoxy groups -OCH3 is 2. The second-order valence-electron chi connectivity index (χ2n) is 9.02. The van der Waals surface area contributed by atoms with Gasteiger partial charge in [0.2, 0.25) is 5.91 Å². The predicted molar refractivity (Wildman–Crippen MR) is 127 cm³/mol. The molecule has 0 radical (unpaired) electrons. The van der Waals surface area contributed by atoms with Crippen molar-refractivity contribution in [2.45, 2.75) is 32.9 Å². The SMILES string of the molecule is COc1ccc(-c2ccc3c(c2)CCN(CC(=O)N2CCN(C(C)C)CC2)C3)cc1OC. The van der Waals surface area contributed by atoms with E-state index in [1.54, 1.807) is 14.2 Å². The van der Waals surface area contributed by atoms with Gasteiger partial charge in [0, 0.05) is 45.3 Å². The maximum absolute atomic E-state index is 12.9. The van der Waals surface area contributed by atoms with E-state index in [2.05, 4.69) is 47.9 Å². The molecule has 0 atom stereocenters. The molecule has 4 rings (SSSR count). The van der Waals surface area contributed by atoms with Gasteiger partial charge in [0.1, 0.15) is 0 Å². The lowest BCUT2D eigenvalue weighted by molar-refractivity contribution is -0.134. The quantitative estimate of drug-likeness (QED) is 0.694. The van der Waals surface area contributed by atoms with Gasteiger partial charge in [0.15, 0.2) is 11.5 Å². The Balaban J connectivity index is 1.38.